The van der Waals surface area contributed by atoms with Crippen LogP contribution in [0.5, 0.6) is 0 Å². The first-order valence-electron chi connectivity index (χ1n) is 8.68. The zero-order valence-electron chi connectivity index (χ0n) is 15.7. The Balaban J connectivity index is 2.13. The largest absolute Gasteiger partial charge is 0.354 e. The zero-order valence-corrected chi connectivity index (χ0v) is 17.3. The second-order valence-electron chi connectivity index (χ2n) is 7.86. The standard InChI is InChI=1S/C22H23BrO3/c1-13-6-7-15(14-8-10-16(23)11-9-14)12-17(13)18-19(24)21(2,3)26-22(4,5)20(18)25/h6-12,18H,1-5H3. The molecular formula is C22H23BrO3. The van der Waals surface area contributed by atoms with E-state index in [0.717, 1.165) is 26.7 Å². The normalized spacial score (nSPS) is 19.6. The van der Waals surface area contributed by atoms with Gasteiger partial charge in [0.2, 0.25) is 0 Å². The summed E-state index contributed by atoms with van der Waals surface area (Å²) in [5.74, 6) is -1.17. The molecular weight excluding hydrogens is 392 g/mol. The van der Waals surface area contributed by atoms with Crippen molar-refractivity contribution in [3.63, 3.8) is 0 Å². The van der Waals surface area contributed by atoms with Crippen LogP contribution in [-0.4, -0.2) is 22.8 Å². The molecule has 1 aliphatic heterocycles. The third-order valence-electron chi connectivity index (χ3n) is 4.99. The number of halogens is 1. The number of Topliss-reactive ketones (excluding diaryl/α,β-unsaturated/α-hetero) is 2. The molecule has 1 saturated heterocycles. The fourth-order valence-corrected chi connectivity index (χ4v) is 3.87. The minimum absolute atomic E-state index is 0.183. The first-order chi connectivity index (χ1) is 12.0. The number of ether oxygens (including phenoxy) is 1. The second kappa shape index (κ2) is 6.43. The number of aryl methyl sites for hydroxylation is 1. The van der Waals surface area contributed by atoms with Gasteiger partial charge in [0.25, 0.3) is 0 Å². The van der Waals surface area contributed by atoms with Crippen LogP contribution >= 0.6 is 15.9 Å². The van der Waals surface area contributed by atoms with E-state index in [4.69, 9.17) is 4.74 Å². The summed E-state index contributed by atoms with van der Waals surface area (Å²) in [4.78, 5) is 26.1. The fourth-order valence-electron chi connectivity index (χ4n) is 3.61. The van der Waals surface area contributed by atoms with Gasteiger partial charge in [-0.3, -0.25) is 9.59 Å². The Bertz CT molecular complexity index is 853. The monoisotopic (exact) mass is 414 g/mol. The Morgan fingerprint density at radius 2 is 1.35 bits per heavy atom. The maximum absolute atomic E-state index is 13.0. The van der Waals surface area contributed by atoms with Crippen molar-refractivity contribution in [1.82, 2.24) is 0 Å². The molecule has 4 heteroatoms. The highest BCUT2D eigenvalue weighted by atomic mass is 79.9. The molecule has 0 aliphatic carbocycles. The Morgan fingerprint density at radius 3 is 1.88 bits per heavy atom. The zero-order chi connectivity index (χ0) is 19.3. The molecule has 0 unspecified atom stereocenters. The Kier molecular flexibility index (Phi) is 4.70. The smallest absolute Gasteiger partial charge is 0.179 e. The van der Waals surface area contributed by atoms with Gasteiger partial charge in [-0.2, -0.15) is 0 Å². The first-order valence-corrected chi connectivity index (χ1v) is 9.47. The predicted octanol–water partition coefficient (Wildman–Crippen LogP) is 5.23. The van der Waals surface area contributed by atoms with Gasteiger partial charge in [-0.05, 0) is 75.1 Å². The molecule has 136 valence electrons. The fraction of sp³-hybridized carbons (Fsp3) is 0.364. The van der Waals surface area contributed by atoms with Gasteiger partial charge < -0.3 is 4.74 Å². The third-order valence-corrected chi connectivity index (χ3v) is 5.52. The molecule has 0 atom stereocenters. The van der Waals surface area contributed by atoms with Crippen molar-refractivity contribution in [2.75, 3.05) is 0 Å². The van der Waals surface area contributed by atoms with E-state index in [-0.39, 0.29) is 11.6 Å². The van der Waals surface area contributed by atoms with Gasteiger partial charge >= 0.3 is 0 Å². The lowest BCUT2D eigenvalue weighted by Crippen LogP contribution is -2.58. The molecule has 0 N–H and O–H groups in total. The summed E-state index contributed by atoms with van der Waals surface area (Å²) < 4.78 is 6.81. The highest BCUT2D eigenvalue weighted by Gasteiger charge is 2.53. The van der Waals surface area contributed by atoms with Crippen molar-refractivity contribution in [2.24, 2.45) is 0 Å². The number of rotatable bonds is 2. The van der Waals surface area contributed by atoms with Crippen molar-refractivity contribution in [3.8, 4) is 11.1 Å². The summed E-state index contributed by atoms with van der Waals surface area (Å²) >= 11 is 3.44. The van der Waals surface area contributed by atoms with E-state index in [1.807, 2.05) is 49.4 Å². The van der Waals surface area contributed by atoms with E-state index in [0.29, 0.717) is 0 Å². The quantitative estimate of drug-likeness (QED) is 0.631. The molecule has 0 saturated carbocycles. The number of ketones is 2. The molecule has 3 rings (SSSR count). The maximum Gasteiger partial charge on any atom is 0.179 e. The molecule has 1 aliphatic rings. The lowest BCUT2D eigenvalue weighted by Gasteiger charge is -2.43. The van der Waals surface area contributed by atoms with Crippen LogP contribution in [0.3, 0.4) is 0 Å². The minimum atomic E-state index is -0.998. The van der Waals surface area contributed by atoms with Gasteiger partial charge in [-0.15, -0.1) is 0 Å². The van der Waals surface area contributed by atoms with Crippen molar-refractivity contribution in [1.29, 1.82) is 0 Å². The summed E-state index contributed by atoms with van der Waals surface area (Å²) in [5, 5.41) is 0. The molecule has 0 aromatic heterocycles. The van der Waals surface area contributed by atoms with Crippen LogP contribution in [0.15, 0.2) is 46.9 Å². The Labute approximate surface area is 162 Å². The molecule has 26 heavy (non-hydrogen) atoms. The molecule has 1 heterocycles. The topological polar surface area (TPSA) is 43.4 Å². The van der Waals surface area contributed by atoms with Gasteiger partial charge in [-0.1, -0.05) is 40.2 Å². The van der Waals surface area contributed by atoms with E-state index in [9.17, 15) is 9.59 Å². The predicted molar refractivity (Wildman–Crippen MR) is 106 cm³/mol. The van der Waals surface area contributed by atoms with Gasteiger partial charge in [0.15, 0.2) is 11.6 Å². The molecule has 0 bridgehead atoms. The van der Waals surface area contributed by atoms with Crippen LogP contribution in [-0.2, 0) is 14.3 Å². The van der Waals surface area contributed by atoms with E-state index in [2.05, 4.69) is 15.9 Å². The lowest BCUT2D eigenvalue weighted by molar-refractivity contribution is -0.184. The SMILES string of the molecule is Cc1ccc(-c2ccc(Br)cc2)cc1C1C(=O)C(C)(C)OC(C)(C)C1=O. The van der Waals surface area contributed by atoms with Crippen molar-refractivity contribution in [2.45, 2.75) is 51.7 Å². The van der Waals surface area contributed by atoms with Crippen molar-refractivity contribution in [3.05, 3.63) is 58.1 Å². The molecule has 0 radical (unpaired) electrons. The van der Waals surface area contributed by atoms with Crippen molar-refractivity contribution < 1.29 is 14.3 Å². The van der Waals surface area contributed by atoms with Gasteiger partial charge in [0.05, 0.1) is 0 Å². The number of hydrogen-bond acceptors (Lipinski definition) is 3. The van der Waals surface area contributed by atoms with E-state index < -0.39 is 17.1 Å². The highest BCUT2D eigenvalue weighted by Crippen LogP contribution is 2.40. The van der Waals surface area contributed by atoms with Crippen molar-refractivity contribution >= 4 is 27.5 Å². The summed E-state index contributed by atoms with van der Waals surface area (Å²) in [5.41, 5.74) is 1.74. The van der Waals surface area contributed by atoms with Gasteiger partial charge in [-0.25, -0.2) is 0 Å². The summed E-state index contributed by atoms with van der Waals surface area (Å²) in [6.45, 7) is 8.90. The number of carbonyl (C=O) groups is 2. The summed E-state index contributed by atoms with van der Waals surface area (Å²) in [6.07, 6.45) is 0. The maximum atomic E-state index is 13.0. The number of benzene rings is 2. The molecule has 2 aromatic rings. The average Bonchev–Trinajstić information content (AvgIpc) is 2.55. The second-order valence-corrected chi connectivity index (χ2v) is 8.78. The average molecular weight is 415 g/mol. The van der Waals surface area contributed by atoms with Crippen LogP contribution in [0, 0.1) is 6.92 Å². The first kappa shape index (κ1) is 19.0. The van der Waals surface area contributed by atoms with E-state index in [1.165, 1.54) is 0 Å². The van der Waals surface area contributed by atoms with Crippen LogP contribution < -0.4 is 0 Å². The van der Waals surface area contributed by atoms with E-state index in [1.54, 1.807) is 27.7 Å². The molecule has 0 spiro atoms. The third kappa shape index (κ3) is 3.28. The highest BCUT2D eigenvalue weighted by molar-refractivity contribution is 9.10. The van der Waals surface area contributed by atoms with Gasteiger partial charge in [0, 0.05) is 4.47 Å². The molecule has 3 nitrogen and oxygen atoms in total. The van der Waals surface area contributed by atoms with Crippen LogP contribution in [0.1, 0.15) is 44.7 Å². The Morgan fingerprint density at radius 1 is 0.846 bits per heavy atom. The van der Waals surface area contributed by atoms with Crippen LogP contribution in [0.25, 0.3) is 11.1 Å². The summed E-state index contributed by atoms with van der Waals surface area (Å²) in [7, 11) is 0. The molecule has 0 amide bonds. The number of hydrogen-bond donors (Lipinski definition) is 0. The lowest BCUT2D eigenvalue weighted by atomic mass is 9.73. The number of carbonyl (C=O) groups excluding carboxylic acids is 2. The minimum Gasteiger partial charge on any atom is -0.354 e. The van der Waals surface area contributed by atoms with Crippen LogP contribution in [0.2, 0.25) is 0 Å². The Hall–Kier alpha value is -1.78. The van der Waals surface area contributed by atoms with Crippen LogP contribution in [0.4, 0.5) is 0 Å². The van der Waals surface area contributed by atoms with Gasteiger partial charge in [0.1, 0.15) is 17.1 Å². The molecule has 2 aromatic carbocycles. The summed E-state index contributed by atoms with van der Waals surface area (Å²) in [6, 6.07) is 13.9. The van der Waals surface area contributed by atoms with E-state index >= 15 is 0 Å². The molecule has 1 fully saturated rings.